The molecule has 4 atom stereocenters. The minimum absolute atomic E-state index is 0. The van der Waals surface area contributed by atoms with Crippen molar-refractivity contribution in [2.24, 2.45) is 5.73 Å². The lowest BCUT2D eigenvalue weighted by atomic mass is 10.1. The quantitative estimate of drug-likeness (QED) is 0.422. The number of hydrogen-bond donors (Lipinski definition) is 5. The molecule has 0 bridgehead atoms. The number of primary amides is 1. The molecule has 1 fully saturated rings. The second-order valence-electron chi connectivity index (χ2n) is 3.92. The number of aliphatic hydroxyl groups excluding tert-OH is 3. The predicted octanol–water partition coefficient (Wildman–Crippen LogP) is -2.12. The van der Waals surface area contributed by atoms with E-state index < -0.39 is 42.9 Å². The number of aromatic nitrogens is 2. The van der Waals surface area contributed by atoms with Gasteiger partial charge in [-0.05, 0) is 0 Å². The van der Waals surface area contributed by atoms with Crippen molar-refractivity contribution in [1.82, 2.24) is 9.55 Å². The molecule has 19 heavy (non-hydrogen) atoms. The van der Waals surface area contributed by atoms with Crippen LogP contribution in [-0.4, -0.2) is 60.8 Å². The Morgan fingerprint density at radius 2 is 2.11 bits per heavy atom. The van der Waals surface area contributed by atoms with E-state index in [-0.39, 0.29) is 22.7 Å². The molecule has 0 spiro atoms. The highest BCUT2D eigenvalue weighted by Gasteiger charge is 2.44. The monoisotopic (exact) mass is 339 g/mol. The average Bonchev–Trinajstić information content (AvgIpc) is 2.82. The molecule has 0 aromatic carbocycles. The Morgan fingerprint density at radius 3 is 2.53 bits per heavy atom. The van der Waals surface area contributed by atoms with Crippen molar-refractivity contribution in [3.8, 4) is 5.88 Å². The lowest BCUT2D eigenvalue weighted by Gasteiger charge is -2.16. The summed E-state index contributed by atoms with van der Waals surface area (Å²) in [4.78, 5) is 14.5. The summed E-state index contributed by atoms with van der Waals surface area (Å²) in [6.07, 6.45) is -3.76. The standard InChI is InChI=1S/C9H13N3O6.BrH/c10-7(16)4-8(17)12(2-11-4)9-6(15)5(14)3(1-13)18-9;/h2-3,5-6,9,13-15,17H,1H2,(H2,10,16);1H. The van der Waals surface area contributed by atoms with E-state index in [9.17, 15) is 20.1 Å². The van der Waals surface area contributed by atoms with Gasteiger partial charge in [0.1, 0.15) is 24.6 Å². The Hall–Kier alpha value is -1.20. The summed E-state index contributed by atoms with van der Waals surface area (Å²) in [6.45, 7) is -0.493. The first kappa shape index (κ1) is 15.9. The Labute approximate surface area is 118 Å². The van der Waals surface area contributed by atoms with Crippen molar-refractivity contribution in [1.29, 1.82) is 0 Å². The van der Waals surface area contributed by atoms with E-state index in [2.05, 4.69) is 4.98 Å². The van der Waals surface area contributed by atoms with Gasteiger partial charge in [0.05, 0.1) is 6.61 Å². The van der Waals surface area contributed by atoms with E-state index >= 15 is 0 Å². The van der Waals surface area contributed by atoms with Crippen molar-refractivity contribution < 1.29 is 30.0 Å². The molecule has 0 saturated carbocycles. The van der Waals surface area contributed by atoms with Gasteiger partial charge >= 0.3 is 0 Å². The zero-order valence-electron chi connectivity index (χ0n) is 9.58. The number of nitrogens with zero attached hydrogens (tertiary/aromatic N) is 2. The maximum Gasteiger partial charge on any atom is 0.272 e. The fraction of sp³-hybridized carbons (Fsp3) is 0.556. The first-order chi connectivity index (χ1) is 8.47. The maximum absolute atomic E-state index is 10.9. The number of aromatic hydroxyl groups is 1. The zero-order chi connectivity index (χ0) is 13.4. The fourth-order valence-corrected chi connectivity index (χ4v) is 1.82. The van der Waals surface area contributed by atoms with E-state index in [1.165, 1.54) is 0 Å². The molecule has 1 aromatic rings. The SMILES string of the molecule is Br.NC(=O)c1ncn(C2OC(CO)C(O)C2O)c1O. The van der Waals surface area contributed by atoms with Crippen molar-refractivity contribution in [2.45, 2.75) is 24.5 Å². The van der Waals surface area contributed by atoms with Crippen LogP contribution in [0.15, 0.2) is 6.33 Å². The van der Waals surface area contributed by atoms with Crippen LogP contribution in [0.25, 0.3) is 0 Å². The van der Waals surface area contributed by atoms with Gasteiger partial charge in [0.25, 0.3) is 5.91 Å². The van der Waals surface area contributed by atoms with Gasteiger partial charge in [0.2, 0.25) is 5.88 Å². The van der Waals surface area contributed by atoms with Gasteiger partial charge in [-0.15, -0.1) is 17.0 Å². The van der Waals surface area contributed by atoms with Gasteiger partial charge in [-0.3, -0.25) is 9.36 Å². The fourth-order valence-electron chi connectivity index (χ4n) is 1.82. The Kier molecular flexibility index (Phi) is 4.87. The van der Waals surface area contributed by atoms with Crippen molar-refractivity contribution in [2.75, 3.05) is 6.61 Å². The largest absolute Gasteiger partial charge is 0.493 e. The molecule has 2 rings (SSSR count). The molecule has 1 aromatic heterocycles. The molecule has 1 saturated heterocycles. The topological polar surface area (TPSA) is 151 Å². The number of nitrogens with two attached hydrogens (primary N) is 1. The van der Waals surface area contributed by atoms with E-state index in [0.717, 1.165) is 10.9 Å². The number of imidazole rings is 1. The van der Waals surface area contributed by atoms with Crippen LogP contribution < -0.4 is 5.73 Å². The first-order valence-corrected chi connectivity index (χ1v) is 5.15. The van der Waals surface area contributed by atoms with E-state index in [1.807, 2.05) is 0 Å². The van der Waals surface area contributed by atoms with Crippen LogP contribution in [0.2, 0.25) is 0 Å². The van der Waals surface area contributed by atoms with Crippen LogP contribution in [0.1, 0.15) is 16.7 Å². The molecule has 10 heteroatoms. The first-order valence-electron chi connectivity index (χ1n) is 5.15. The summed E-state index contributed by atoms with van der Waals surface area (Å²) in [5.74, 6) is -1.50. The van der Waals surface area contributed by atoms with Crippen LogP contribution in [0.4, 0.5) is 0 Å². The van der Waals surface area contributed by atoms with Crippen LogP contribution in [-0.2, 0) is 4.74 Å². The van der Waals surface area contributed by atoms with Gasteiger partial charge < -0.3 is 30.9 Å². The van der Waals surface area contributed by atoms with Gasteiger partial charge in [-0.1, -0.05) is 0 Å². The molecule has 1 aliphatic rings. The highest BCUT2D eigenvalue weighted by molar-refractivity contribution is 8.93. The third-order valence-electron chi connectivity index (χ3n) is 2.79. The molecule has 2 heterocycles. The molecule has 108 valence electrons. The molecule has 6 N–H and O–H groups in total. The van der Waals surface area contributed by atoms with Crippen LogP contribution in [0.5, 0.6) is 5.88 Å². The molecule has 1 amide bonds. The highest BCUT2D eigenvalue weighted by Crippen LogP contribution is 2.32. The molecule has 9 nitrogen and oxygen atoms in total. The number of carbonyl (C=O) groups is 1. The number of rotatable bonds is 3. The summed E-state index contributed by atoms with van der Waals surface area (Å²) in [6, 6.07) is 0. The maximum atomic E-state index is 10.9. The second kappa shape index (κ2) is 5.84. The van der Waals surface area contributed by atoms with Crippen molar-refractivity contribution in [3.63, 3.8) is 0 Å². The van der Waals surface area contributed by atoms with E-state index in [4.69, 9.17) is 15.6 Å². The Bertz CT molecular complexity index is 467. The number of hydrogen-bond acceptors (Lipinski definition) is 7. The normalized spacial score (nSPS) is 30.1. The molecule has 0 radical (unpaired) electrons. The van der Waals surface area contributed by atoms with Gasteiger partial charge in [-0.2, -0.15) is 0 Å². The molecule has 1 aliphatic heterocycles. The number of halogens is 1. The number of aliphatic hydroxyl groups is 3. The van der Waals surface area contributed by atoms with Gasteiger partial charge in [0.15, 0.2) is 11.9 Å². The number of ether oxygens (including phenoxy) is 1. The van der Waals surface area contributed by atoms with E-state index in [1.54, 1.807) is 0 Å². The second-order valence-corrected chi connectivity index (χ2v) is 3.92. The summed E-state index contributed by atoms with van der Waals surface area (Å²) in [5.41, 5.74) is 4.61. The highest BCUT2D eigenvalue weighted by atomic mass is 79.9. The number of amides is 1. The lowest BCUT2D eigenvalue weighted by molar-refractivity contribution is -0.0553. The molecule has 0 aliphatic carbocycles. The molecular weight excluding hydrogens is 326 g/mol. The minimum atomic E-state index is -1.37. The lowest BCUT2D eigenvalue weighted by Crippen LogP contribution is -2.33. The molecule has 4 unspecified atom stereocenters. The summed E-state index contributed by atoms with van der Waals surface area (Å²) in [7, 11) is 0. The van der Waals surface area contributed by atoms with Gasteiger partial charge in [0, 0.05) is 0 Å². The number of carbonyl (C=O) groups excluding carboxylic acids is 1. The summed E-state index contributed by atoms with van der Waals surface area (Å²) < 4.78 is 6.12. The summed E-state index contributed by atoms with van der Waals surface area (Å²) in [5, 5.41) is 37.9. The average molecular weight is 340 g/mol. The van der Waals surface area contributed by atoms with Crippen LogP contribution in [0, 0.1) is 0 Å². The van der Waals surface area contributed by atoms with Crippen LogP contribution >= 0.6 is 17.0 Å². The van der Waals surface area contributed by atoms with Gasteiger partial charge in [-0.25, -0.2) is 4.98 Å². The Balaban J connectivity index is 0.00000180. The van der Waals surface area contributed by atoms with Crippen LogP contribution in [0.3, 0.4) is 0 Å². The zero-order valence-corrected chi connectivity index (χ0v) is 11.3. The summed E-state index contributed by atoms with van der Waals surface area (Å²) >= 11 is 0. The van der Waals surface area contributed by atoms with Crippen molar-refractivity contribution >= 4 is 22.9 Å². The minimum Gasteiger partial charge on any atom is -0.493 e. The van der Waals surface area contributed by atoms with Crippen molar-refractivity contribution in [3.05, 3.63) is 12.0 Å². The predicted molar refractivity (Wildman–Crippen MR) is 65.7 cm³/mol. The third kappa shape index (κ3) is 2.58. The third-order valence-corrected chi connectivity index (χ3v) is 2.79. The smallest absolute Gasteiger partial charge is 0.272 e. The molecular formula is C9H14BrN3O6. The Morgan fingerprint density at radius 1 is 1.47 bits per heavy atom. The van der Waals surface area contributed by atoms with E-state index in [0.29, 0.717) is 0 Å².